The first-order valence-electron chi connectivity index (χ1n) is 8.55. The van der Waals surface area contributed by atoms with Crippen molar-refractivity contribution in [2.45, 2.75) is 45.7 Å². The number of thiazole rings is 1. The van der Waals surface area contributed by atoms with E-state index in [9.17, 15) is 4.79 Å². The fourth-order valence-electron chi connectivity index (χ4n) is 2.60. The zero-order valence-corrected chi connectivity index (χ0v) is 15.9. The van der Waals surface area contributed by atoms with Crippen LogP contribution in [-0.2, 0) is 17.8 Å². The van der Waals surface area contributed by atoms with Crippen LogP contribution in [0.3, 0.4) is 0 Å². The van der Waals surface area contributed by atoms with E-state index in [-0.39, 0.29) is 5.91 Å². The third kappa shape index (κ3) is 4.32. The summed E-state index contributed by atoms with van der Waals surface area (Å²) in [7, 11) is 0. The maximum Gasteiger partial charge on any atom is 0.245 e. The quantitative estimate of drug-likeness (QED) is 0.691. The number of carbonyl (C=O) groups excluding carboxylic acids is 1. The van der Waals surface area contributed by atoms with Crippen molar-refractivity contribution in [2.75, 3.05) is 0 Å². The van der Waals surface area contributed by atoms with Crippen molar-refractivity contribution in [3.8, 4) is 0 Å². The Labute approximate surface area is 156 Å². The first-order chi connectivity index (χ1) is 12.5. The first-order valence-corrected chi connectivity index (χ1v) is 9.36. The van der Waals surface area contributed by atoms with E-state index in [1.54, 1.807) is 11.3 Å². The minimum absolute atomic E-state index is 0.111. The molecule has 1 N–H and O–H groups in total. The lowest BCUT2D eigenvalue weighted by Crippen LogP contribution is -2.34. The number of hydrogen-bond acceptors (Lipinski definition) is 6. The molecule has 136 valence electrons. The number of carbonyl (C=O) groups is 1. The Morgan fingerprint density at radius 2 is 2.04 bits per heavy atom. The molecule has 0 fully saturated rings. The van der Waals surface area contributed by atoms with Crippen LogP contribution in [-0.4, -0.2) is 31.1 Å². The van der Waals surface area contributed by atoms with Gasteiger partial charge in [0.05, 0.1) is 17.2 Å². The number of nitrogens with zero attached hydrogens (tertiary/aromatic N) is 5. The van der Waals surface area contributed by atoms with Gasteiger partial charge in [-0.05, 0) is 22.9 Å². The Morgan fingerprint density at radius 1 is 1.27 bits per heavy atom. The molecular weight excluding hydrogens is 348 g/mol. The standard InChI is InChI=1S/C18H22N6OS/c1-12(2)18-21-13(3)16(26-18)10-19-17(25)15(24-11-20-22-23-24)9-14-7-5-4-6-8-14/h4-8,11-12,15H,9-10H2,1-3H3,(H,19,25)/t15-/m0/s1. The molecule has 0 saturated carbocycles. The summed E-state index contributed by atoms with van der Waals surface area (Å²) in [6, 6.07) is 9.36. The van der Waals surface area contributed by atoms with Gasteiger partial charge in [0.15, 0.2) is 0 Å². The van der Waals surface area contributed by atoms with Crippen molar-refractivity contribution in [1.29, 1.82) is 0 Å². The van der Waals surface area contributed by atoms with Crippen LogP contribution in [0, 0.1) is 6.92 Å². The summed E-state index contributed by atoms with van der Waals surface area (Å²) in [5, 5.41) is 15.4. The maximum absolute atomic E-state index is 12.8. The number of amides is 1. The molecule has 8 heteroatoms. The van der Waals surface area contributed by atoms with Crippen LogP contribution in [0.5, 0.6) is 0 Å². The fraction of sp³-hybridized carbons (Fsp3) is 0.389. The van der Waals surface area contributed by atoms with Crippen molar-refractivity contribution in [1.82, 2.24) is 30.5 Å². The van der Waals surface area contributed by atoms with E-state index >= 15 is 0 Å². The molecule has 3 rings (SSSR count). The monoisotopic (exact) mass is 370 g/mol. The molecule has 2 aromatic heterocycles. The number of benzene rings is 1. The Hall–Kier alpha value is -2.61. The second-order valence-corrected chi connectivity index (χ2v) is 7.54. The van der Waals surface area contributed by atoms with Crippen molar-refractivity contribution in [3.05, 3.63) is 57.8 Å². The smallest absolute Gasteiger partial charge is 0.245 e. The predicted molar refractivity (Wildman–Crippen MR) is 99.8 cm³/mol. The van der Waals surface area contributed by atoms with Gasteiger partial charge >= 0.3 is 0 Å². The summed E-state index contributed by atoms with van der Waals surface area (Å²) in [5.41, 5.74) is 2.03. The molecular formula is C18H22N6OS. The molecule has 0 spiro atoms. The lowest BCUT2D eigenvalue weighted by atomic mass is 10.1. The summed E-state index contributed by atoms with van der Waals surface area (Å²) in [5.74, 6) is 0.273. The largest absolute Gasteiger partial charge is 0.349 e. The molecule has 0 aliphatic heterocycles. The molecule has 2 heterocycles. The Morgan fingerprint density at radius 3 is 2.65 bits per heavy atom. The summed E-state index contributed by atoms with van der Waals surface area (Å²) < 4.78 is 1.50. The molecule has 0 radical (unpaired) electrons. The Kier molecular flexibility index (Phi) is 5.72. The highest BCUT2D eigenvalue weighted by molar-refractivity contribution is 7.11. The number of hydrogen-bond donors (Lipinski definition) is 1. The molecule has 0 saturated heterocycles. The molecule has 0 aliphatic carbocycles. The molecule has 0 bridgehead atoms. The molecule has 3 aromatic rings. The predicted octanol–water partition coefficient (Wildman–Crippen LogP) is 2.66. The van der Waals surface area contributed by atoms with Crippen LogP contribution in [0.25, 0.3) is 0 Å². The van der Waals surface area contributed by atoms with Gasteiger partial charge in [-0.2, -0.15) is 0 Å². The summed E-state index contributed by atoms with van der Waals surface area (Å²) in [6.45, 7) is 6.68. The molecule has 1 amide bonds. The van der Waals surface area contributed by atoms with Gasteiger partial charge in [-0.15, -0.1) is 16.4 Å². The van der Waals surface area contributed by atoms with E-state index in [2.05, 4.69) is 39.7 Å². The third-order valence-electron chi connectivity index (χ3n) is 4.09. The van der Waals surface area contributed by atoms with Crippen LogP contribution in [0.15, 0.2) is 36.7 Å². The molecule has 0 unspecified atom stereocenters. The number of tetrazole rings is 1. The number of aryl methyl sites for hydroxylation is 1. The van der Waals surface area contributed by atoms with E-state index in [0.29, 0.717) is 18.9 Å². The zero-order valence-electron chi connectivity index (χ0n) is 15.1. The number of nitrogens with one attached hydrogen (secondary N) is 1. The van der Waals surface area contributed by atoms with Crippen LogP contribution in [0.4, 0.5) is 0 Å². The van der Waals surface area contributed by atoms with Crippen molar-refractivity contribution in [2.24, 2.45) is 0 Å². The highest BCUT2D eigenvalue weighted by atomic mass is 32.1. The first kappa shape index (κ1) is 18.2. The molecule has 26 heavy (non-hydrogen) atoms. The van der Waals surface area contributed by atoms with E-state index in [4.69, 9.17) is 0 Å². The Bertz CT molecular complexity index is 844. The van der Waals surface area contributed by atoms with Crippen LogP contribution in [0.2, 0.25) is 0 Å². The lowest BCUT2D eigenvalue weighted by molar-refractivity contribution is -0.124. The van der Waals surface area contributed by atoms with Crippen molar-refractivity contribution in [3.63, 3.8) is 0 Å². The van der Waals surface area contributed by atoms with Gasteiger partial charge in [0.2, 0.25) is 5.91 Å². The van der Waals surface area contributed by atoms with Crippen LogP contribution < -0.4 is 5.32 Å². The highest BCUT2D eigenvalue weighted by Crippen LogP contribution is 2.24. The van der Waals surface area contributed by atoms with Gasteiger partial charge in [0.1, 0.15) is 12.4 Å². The van der Waals surface area contributed by atoms with E-state index in [1.165, 1.54) is 11.0 Å². The molecule has 0 aliphatic rings. The topological polar surface area (TPSA) is 85.6 Å². The average molecular weight is 370 g/mol. The van der Waals surface area contributed by atoms with Gasteiger partial charge < -0.3 is 5.32 Å². The Balaban J connectivity index is 1.72. The summed E-state index contributed by atoms with van der Waals surface area (Å²) in [4.78, 5) is 18.5. The van der Waals surface area contributed by atoms with Crippen LogP contribution >= 0.6 is 11.3 Å². The van der Waals surface area contributed by atoms with Gasteiger partial charge in [-0.3, -0.25) is 4.79 Å². The van der Waals surface area contributed by atoms with Crippen molar-refractivity contribution >= 4 is 17.2 Å². The normalized spacial score (nSPS) is 12.3. The van der Waals surface area contributed by atoms with Gasteiger partial charge in [-0.25, -0.2) is 9.67 Å². The molecule has 1 aromatic carbocycles. The highest BCUT2D eigenvalue weighted by Gasteiger charge is 2.22. The van der Waals surface area contributed by atoms with Crippen molar-refractivity contribution < 1.29 is 4.79 Å². The van der Waals surface area contributed by atoms with Gasteiger partial charge in [-0.1, -0.05) is 44.2 Å². The van der Waals surface area contributed by atoms with Gasteiger partial charge in [0, 0.05) is 17.2 Å². The molecule has 1 atom stereocenters. The summed E-state index contributed by atoms with van der Waals surface area (Å²) >= 11 is 1.65. The van der Waals surface area contributed by atoms with E-state index in [1.807, 2.05) is 37.3 Å². The van der Waals surface area contributed by atoms with Gasteiger partial charge in [0.25, 0.3) is 0 Å². The fourth-order valence-corrected chi connectivity index (χ4v) is 3.61. The number of aromatic nitrogens is 5. The second kappa shape index (κ2) is 8.18. The SMILES string of the molecule is Cc1nc(C(C)C)sc1CNC(=O)[C@H](Cc1ccccc1)n1cnnn1. The second-order valence-electron chi connectivity index (χ2n) is 6.43. The molecule has 7 nitrogen and oxygen atoms in total. The minimum atomic E-state index is -0.495. The maximum atomic E-state index is 12.8. The van der Waals surface area contributed by atoms with E-state index < -0.39 is 6.04 Å². The number of rotatable bonds is 7. The third-order valence-corrected chi connectivity index (χ3v) is 5.54. The van der Waals surface area contributed by atoms with Crippen LogP contribution in [0.1, 0.15) is 46.9 Å². The summed E-state index contributed by atoms with van der Waals surface area (Å²) in [6.07, 6.45) is 2.00. The average Bonchev–Trinajstić information content (AvgIpc) is 3.28. The zero-order chi connectivity index (χ0) is 18.5. The lowest BCUT2D eigenvalue weighted by Gasteiger charge is -2.16. The van der Waals surface area contributed by atoms with E-state index in [0.717, 1.165) is 21.1 Å². The minimum Gasteiger partial charge on any atom is -0.349 e.